The first kappa shape index (κ1) is 8.94. The van der Waals surface area contributed by atoms with Crippen LogP contribution >= 0.6 is 24.2 Å². The van der Waals surface area contributed by atoms with E-state index in [1.165, 1.54) is 0 Å². The summed E-state index contributed by atoms with van der Waals surface area (Å²) >= 11 is 9.94. The van der Waals surface area contributed by atoms with Gasteiger partial charge < -0.3 is 4.98 Å². The zero-order valence-corrected chi connectivity index (χ0v) is 9.05. The summed E-state index contributed by atoms with van der Waals surface area (Å²) in [6.45, 7) is 0. The van der Waals surface area contributed by atoms with Crippen LogP contribution in [-0.4, -0.2) is 20.2 Å². The summed E-state index contributed by atoms with van der Waals surface area (Å²) in [7, 11) is 0. The van der Waals surface area contributed by atoms with Crippen LogP contribution in [0.2, 0.25) is 5.02 Å². The van der Waals surface area contributed by atoms with E-state index in [0.717, 1.165) is 10.9 Å². The molecular formula is C9H5ClN4S. The maximum absolute atomic E-state index is 5.91. The Morgan fingerprint density at radius 3 is 3.00 bits per heavy atom. The highest BCUT2D eigenvalue weighted by Gasteiger charge is 2.07. The van der Waals surface area contributed by atoms with Gasteiger partial charge >= 0.3 is 0 Å². The molecule has 3 rings (SSSR count). The fraction of sp³-hybridized carbons (Fsp3) is 0. The van der Waals surface area contributed by atoms with E-state index in [1.54, 1.807) is 0 Å². The molecule has 3 aromatic rings. The third kappa shape index (κ3) is 1.35. The van der Waals surface area contributed by atoms with Gasteiger partial charge in [0.25, 0.3) is 0 Å². The van der Waals surface area contributed by atoms with Gasteiger partial charge in [-0.3, -0.25) is 0 Å². The summed E-state index contributed by atoms with van der Waals surface area (Å²) in [4.78, 5) is 7.26. The topological polar surface area (TPSA) is 54.5 Å². The van der Waals surface area contributed by atoms with Gasteiger partial charge in [0.1, 0.15) is 5.52 Å². The molecule has 15 heavy (non-hydrogen) atoms. The monoisotopic (exact) mass is 236 g/mol. The average Bonchev–Trinajstić information content (AvgIpc) is 2.54. The van der Waals surface area contributed by atoms with E-state index in [1.807, 2.05) is 18.2 Å². The zero-order valence-electron chi connectivity index (χ0n) is 7.40. The molecule has 2 heterocycles. The SMILES string of the molecule is Sc1nnc2c(n1)[nH]c1ccc(Cl)cc12. The molecule has 0 radical (unpaired) electrons. The first-order valence-corrected chi connectivity index (χ1v) is 5.07. The van der Waals surface area contributed by atoms with Gasteiger partial charge in [-0.1, -0.05) is 11.6 Å². The zero-order chi connectivity index (χ0) is 10.4. The largest absolute Gasteiger partial charge is 0.338 e. The van der Waals surface area contributed by atoms with Crippen LogP contribution < -0.4 is 0 Å². The summed E-state index contributed by atoms with van der Waals surface area (Å²) in [5.74, 6) is 0. The predicted molar refractivity (Wildman–Crippen MR) is 61.5 cm³/mol. The van der Waals surface area contributed by atoms with Gasteiger partial charge in [-0.05, 0) is 18.2 Å². The third-order valence-electron chi connectivity index (χ3n) is 2.17. The highest BCUT2D eigenvalue weighted by atomic mass is 35.5. The molecule has 0 spiro atoms. The van der Waals surface area contributed by atoms with E-state index in [4.69, 9.17) is 11.6 Å². The molecule has 0 unspecified atom stereocenters. The van der Waals surface area contributed by atoms with Crippen molar-refractivity contribution in [1.29, 1.82) is 0 Å². The Morgan fingerprint density at radius 2 is 2.13 bits per heavy atom. The quantitative estimate of drug-likeness (QED) is 0.590. The van der Waals surface area contributed by atoms with Gasteiger partial charge in [0.2, 0.25) is 5.16 Å². The van der Waals surface area contributed by atoms with Crippen LogP contribution in [0.5, 0.6) is 0 Å². The Labute approximate surface area is 95.1 Å². The fourth-order valence-electron chi connectivity index (χ4n) is 1.53. The molecule has 0 atom stereocenters. The van der Waals surface area contributed by atoms with Gasteiger partial charge in [-0.2, -0.15) is 0 Å². The van der Waals surface area contributed by atoms with Crippen molar-refractivity contribution >= 4 is 46.3 Å². The molecule has 0 bridgehead atoms. The van der Waals surface area contributed by atoms with Crippen LogP contribution in [-0.2, 0) is 0 Å². The lowest BCUT2D eigenvalue weighted by Crippen LogP contribution is -1.87. The molecule has 0 saturated carbocycles. The number of thiol groups is 1. The molecular weight excluding hydrogens is 232 g/mol. The van der Waals surface area contributed by atoms with Gasteiger partial charge in [0.05, 0.1) is 0 Å². The maximum atomic E-state index is 5.91. The molecule has 2 aromatic heterocycles. The van der Waals surface area contributed by atoms with Crippen molar-refractivity contribution in [3.05, 3.63) is 23.2 Å². The summed E-state index contributed by atoms with van der Waals surface area (Å²) in [5, 5.41) is 9.77. The highest BCUT2D eigenvalue weighted by molar-refractivity contribution is 7.80. The Balaban J connectivity index is 2.53. The summed E-state index contributed by atoms with van der Waals surface area (Å²) in [6.07, 6.45) is 0. The lowest BCUT2D eigenvalue weighted by molar-refractivity contribution is 0.883. The molecule has 0 aliphatic heterocycles. The van der Waals surface area contributed by atoms with Crippen LogP contribution in [0.25, 0.3) is 22.1 Å². The van der Waals surface area contributed by atoms with Crippen LogP contribution in [0, 0.1) is 0 Å². The molecule has 0 amide bonds. The van der Waals surface area contributed by atoms with E-state index in [2.05, 4.69) is 32.8 Å². The lowest BCUT2D eigenvalue weighted by atomic mass is 10.2. The number of hydrogen-bond acceptors (Lipinski definition) is 4. The molecule has 0 aliphatic carbocycles. The van der Waals surface area contributed by atoms with Crippen molar-refractivity contribution in [2.24, 2.45) is 0 Å². The van der Waals surface area contributed by atoms with E-state index < -0.39 is 0 Å². The van der Waals surface area contributed by atoms with E-state index >= 15 is 0 Å². The van der Waals surface area contributed by atoms with Crippen molar-refractivity contribution in [1.82, 2.24) is 20.2 Å². The molecule has 6 heteroatoms. The number of aromatic amines is 1. The second-order valence-corrected chi connectivity index (χ2v) is 3.96. The smallest absolute Gasteiger partial charge is 0.207 e. The minimum Gasteiger partial charge on any atom is -0.338 e. The number of benzene rings is 1. The number of aromatic nitrogens is 4. The van der Waals surface area contributed by atoms with Crippen LogP contribution in [0.3, 0.4) is 0 Å². The van der Waals surface area contributed by atoms with Gasteiger partial charge in [-0.25, -0.2) is 4.98 Å². The summed E-state index contributed by atoms with van der Waals surface area (Å²) in [6, 6.07) is 5.54. The van der Waals surface area contributed by atoms with Crippen molar-refractivity contribution in [2.75, 3.05) is 0 Å². The molecule has 1 N–H and O–H groups in total. The third-order valence-corrected chi connectivity index (χ3v) is 2.59. The number of nitrogens with one attached hydrogen (secondary N) is 1. The standard InChI is InChI=1S/C9H5ClN4S/c10-4-1-2-6-5(3-4)7-8(11-6)12-9(15)14-13-7/h1-3H,(H2,11,12,14,15). The molecule has 0 saturated heterocycles. The van der Waals surface area contributed by atoms with Gasteiger partial charge in [0.15, 0.2) is 5.65 Å². The normalized spacial score (nSPS) is 11.3. The van der Waals surface area contributed by atoms with Crippen LogP contribution in [0.15, 0.2) is 23.4 Å². The van der Waals surface area contributed by atoms with E-state index in [9.17, 15) is 0 Å². The fourth-order valence-corrected chi connectivity index (χ4v) is 1.85. The minimum absolute atomic E-state index is 0.347. The number of fused-ring (bicyclic) bond motifs is 3. The minimum atomic E-state index is 0.347. The molecule has 4 nitrogen and oxygen atoms in total. The number of rotatable bonds is 0. The number of H-pyrrole nitrogens is 1. The molecule has 74 valence electrons. The number of hydrogen-bond donors (Lipinski definition) is 2. The van der Waals surface area contributed by atoms with Crippen molar-refractivity contribution in [2.45, 2.75) is 5.16 Å². The Morgan fingerprint density at radius 1 is 1.27 bits per heavy atom. The van der Waals surface area contributed by atoms with Crippen molar-refractivity contribution in [3.8, 4) is 0 Å². The Kier molecular flexibility index (Phi) is 1.83. The molecule has 0 fully saturated rings. The lowest BCUT2D eigenvalue weighted by Gasteiger charge is -1.90. The molecule has 0 aliphatic rings. The van der Waals surface area contributed by atoms with Crippen molar-refractivity contribution < 1.29 is 0 Å². The summed E-state index contributed by atoms with van der Waals surface area (Å²) < 4.78 is 0. The van der Waals surface area contributed by atoms with Crippen molar-refractivity contribution in [3.63, 3.8) is 0 Å². The van der Waals surface area contributed by atoms with Gasteiger partial charge in [0, 0.05) is 15.9 Å². The Hall–Kier alpha value is -1.33. The van der Waals surface area contributed by atoms with E-state index in [-0.39, 0.29) is 0 Å². The average molecular weight is 237 g/mol. The molecule has 1 aromatic carbocycles. The highest BCUT2D eigenvalue weighted by Crippen LogP contribution is 2.25. The first-order chi connectivity index (χ1) is 7.24. The van der Waals surface area contributed by atoms with Crippen LogP contribution in [0.1, 0.15) is 0 Å². The maximum Gasteiger partial charge on any atom is 0.207 e. The summed E-state index contributed by atoms with van der Waals surface area (Å²) in [5.41, 5.74) is 2.33. The second-order valence-electron chi connectivity index (χ2n) is 3.12. The number of nitrogens with zero attached hydrogens (tertiary/aromatic N) is 3. The first-order valence-electron chi connectivity index (χ1n) is 4.25. The second kappa shape index (κ2) is 3.08. The predicted octanol–water partition coefficient (Wildman–Crippen LogP) is 2.45. The number of halogens is 1. The van der Waals surface area contributed by atoms with Crippen LogP contribution in [0.4, 0.5) is 0 Å². The Bertz CT molecular complexity index is 664. The van der Waals surface area contributed by atoms with Gasteiger partial charge in [-0.15, -0.1) is 22.8 Å². The van der Waals surface area contributed by atoms with E-state index in [0.29, 0.717) is 21.3 Å².